The second-order valence-corrected chi connectivity index (χ2v) is 5.86. The van der Waals surface area contributed by atoms with Crippen LogP contribution in [0.4, 0.5) is 4.79 Å². The molecule has 1 amide bonds. The third-order valence-corrected chi connectivity index (χ3v) is 2.98. The van der Waals surface area contributed by atoms with Gasteiger partial charge in [0.05, 0.1) is 26.2 Å². The van der Waals surface area contributed by atoms with Crippen LogP contribution in [0.25, 0.3) is 0 Å². The van der Waals surface area contributed by atoms with Crippen molar-refractivity contribution in [2.45, 2.75) is 32.5 Å². The average Bonchev–Trinajstić information content (AvgIpc) is 2.27. The lowest BCUT2D eigenvalue weighted by Gasteiger charge is -2.33. The number of nitrogens with zero attached hydrogens (tertiary/aromatic N) is 1. The third kappa shape index (κ3) is 5.20. The van der Waals surface area contributed by atoms with Crippen LogP contribution in [0.1, 0.15) is 20.8 Å². The summed E-state index contributed by atoms with van der Waals surface area (Å²) in [5.74, 6) is 0. The molecule has 1 rings (SSSR count). The SMILES string of the molecule is CC(C)(C)OC(=O)N1CC[NH+](C[C@@H](O)C[NH3+])CC1. The summed E-state index contributed by atoms with van der Waals surface area (Å²) >= 11 is 0. The molecule has 6 heteroatoms. The zero-order valence-corrected chi connectivity index (χ0v) is 11.7. The standard InChI is InChI=1S/C12H25N3O3/c1-12(2,3)18-11(17)15-6-4-14(5-7-15)9-10(16)8-13/h10,16H,4-9,13H2,1-3H3/p+2/t10-/m0/s1. The van der Waals surface area contributed by atoms with Gasteiger partial charge in [-0.3, -0.25) is 4.90 Å². The van der Waals surface area contributed by atoms with Gasteiger partial charge in [0.1, 0.15) is 18.7 Å². The largest absolute Gasteiger partial charge is 0.444 e. The van der Waals surface area contributed by atoms with E-state index in [4.69, 9.17) is 4.74 Å². The lowest BCUT2D eigenvalue weighted by molar-refractivity contribution is -0.907. The van der Waals surface area contributed by atoms with Gasteiger partial charge in [-0.05, 0) is 20.8 Å². The molecule has 0 spiro atoms. The molecule has 1 saturated heterocycles. The summed E-state index contributed by atoms with van der Waals surface area (Å²) in [7, 11) is 0. The van der Waals surface area contributed by atoms with Gasteiger partial charge in [0.2, 0.25) is 0 Å². The molecular formula is C12H27N3O3+2. The number of aliphatic hydroxyl groups excluding tert-OH is 1. The van der Waals surface area contributed by atoms with Crippen molar-refractivity contribution in [2.75, 3.05) is 39.3 Å². The molecular weight excluding hydrogens is 234 g/mol. The van der Waals surface area contributed by atoms with E-state index < -0.39 is 5.60 Å². The number of quaternary nitrogens is 2. The van der Waals surface area contributed by atoms with Crippen LogP contribution in [0.15, 0.2) is 0 Å². The average molecular weight is 261 g/mol. The maximum atomic E-state index is 11.8. The fraction of sp³-hybridized carbons (Fsp3) is 0.917. The quantitative estimate of drug-likeness (QED) is 0.535. The van der Waals surface area contributed by atoms with Crippen molar-refractivity contribution in [3.8, 4) is 0 Å². The Balaban J connectivity index is 2.33. The second-order valence-electron chi connectivity index (χ2n) is 5.86. The Morgan fingerprint density at radius 3 is 2.44 bits per heavy atom. The number of hydrogen-bond acceptors (Lipinski definition) is 3. The van der Waals surface area contributed by atoms with Crippen LogP contribution >= 0.6 is 0 Å². The highest BCUT2D eigenvalue weighted by Gasteiger charge is 2.28. The van der Waals surface area contributed by atoms with Gasteiger partial charge in [-0.2, -0.15) is 0 Å². The Hall–Kier alpha value is -0.850. The van der Waals surface area contributed by atoms with Crippen molar-refractivity contribution in [1.82, 2.24) is 4.90 Å². The molecule has 1 heterocycles. The summed E-state index contributed by atoms with van der Waals surface area (Å²) in [6, 6.07) is 0. The minimum atomic E-state index is -0.439. The van der Waals surface area contributed by atoms with Crippen LogP contribution in [-0.4, -0.2) is 67.1 Å². The molecule has 0 radical (unpaired) electrons. The molecule has 1 aliphatic heterocycles. The molecule has 106 valence electrons. The molecule has 18 heavy (non-hydrogen) atoms. The normalized spacial score (nSPS) is 19.7. The predicted molar refractivity (Wildman–Crippen MR) is 67.1 cm³/mol. The fourth-order valence-electron chi connectivity index (χ4n) is 1.97. The molecule has 0 aromatic heterocycles. The first-order chi connectivity index (χ1) is 8.31. The van der Waals surface area contributed by atoms with Gasteiger partial charge in [0.25, 0.3) is 0 Å². The smallest absolute Gasteiger partial charge is 0.410 e. The van der Waals surface area contributed by atoms with Crippen LogP contribution < -0.4 is 10.6 Å². The van der Waals surface area contributed by atoms with Crippen molar-refractivity contribution in [2.24, 2.45) is 0 Å². The van der Waals surface area contributed by atoms with E-state index in [1.165, 1.54) is 4.90 Å². The van der Waals surface area contributed by atoms with Crippen molar-refractivity contribution < 1.29 is 25.3 Å². The molecule has 0 aromatic rings. The number of aliphatic hydroxyl groups is 1. The Morgan fingerprint density at radius 2 is 2.00 bits per heavy atom. The Morgan fingerprint density at radius 1 is 1.44 bits per heavy atom. The molecule has 1 fully saturated rings. The number of ether oxygens (including phenoxy) is 1. The summed E-state index contributed by atoms with van der Waals surface area (Å²) in [6.45, 7) is 9.96. The van der Waals surface area contributed by atoms with Crippen LogP contribution in [-0.2, 0) is 4.74 Å². The van der Waals surface area contributed by atoms with Gasteiger partial charge in [-0.25, -0.2) is 4.79 Å². The van der Waals surface area contributed by atoms with Crippen molar-refractivity contribution in [3.05, 3.63) is 0 Å². The van der Waals surface area contributed by atoms with Gasteiger partial charge >= 0.3 is 6.09 Å². The minimum absolute atomic E-state index is 0.237. The number of rotatable bonds is 3. The summed E-state index contributed by atoms with van der Waals surface area (Å²) in [5.41, 5.74) is 3.25. The van der Waals surface area contributed by atoms with Crippen LogP contribution in [0.5, 0.6) is 0 Å². The van der Waals surface area contributed by atoms with E-state index >= 15 is 0 Å². The first kappa shape index (κ1) is 15.2. The van der Waals surface area contributed by atoms with Crippen LogP contribution in [0.2, 0.25) is 0 Å². The second kappa shape index (κ2) is 6.36. The van der Waals surface area contributed by atoms with E-state index in [9.17, 15) is 9.90 Å². The molecule has 0 saturated carbocycles. The van der Waals surface area contributed by atoms with Crippen molar-refractivity contribution in [1.29, 1.82) is 0 Å². The van der Waals surface area contributed by atoms with E-state index in [-0.39, 0.29) is 12.2 Å². The molecule has 1 atom stereocenters. The molecule has 0 bridgehead atoms. The minimum Gasteiger partial charge on any atom is -0.444 e. The van der Waals surface area contributed by atoms with E-state index in [0.29, 0.717) is 26.2 Å². The lowest BCUT2D eigenvalue weighted by Crippen LogP contribution is -3.16. The summed E-state index contributed by atoms with van der Waals surface area (Å²) < 4.78 is 5.33. The molecule has 1 aliphatic rings. The highest BCUT2D eigenvalue weighted by atomic mass is 16.6. The lowest BCUT2D eigenvalue weighted by atomic mass is 10.2. The summed E-state index contributed by atoms with van der Waals surface area (Å²) in [5, 5.41) is 9.55. The number of carbonyl (C=O) groups is 1. The highest BCUT2D eigenvalue weighted by Crippen LogP contribution is 2.09. The monoisotopic (exact) mass is 261 g/mol. The number of carbonyl (C=O) groups excluding carboxylic acids is 1. The number of hydrogen-bond donors (Lipinski definition) is 3. The van der Waals surface area contributed by atoms with Crippen LogP contribution in [0.3, 0.4) is 0 Å². The zero-order chi connectivity index (χ0) is 13.8. The maximum absolute atomic E-state index is 11.8. The van der Waals surface area contributed by atoms with Crippen molar-refractivity contribution >= 4 is 6.09 Å². The fourth-order valence-corrected chi connectivity index (χ4v) is 1.97. The summed E-state index contributed by atoms with van der Waals surface area (Å²) in [4.78, 5) is 14.9. The van der Waals surface area contributed by atoms with E-state index in [0.717, 1.165) is 13.1 Å². The molecule has 5 N–H and O–H groups in total. The Labute approximate surface area is 109 Å². The van der Waals surface area contributed by atoms with Gasteiger partial charge in [-0.15, -0.1) is 0 Å². The Kier molecular flexibility index (Phi) is 5.37. The van der Waals surface area contributed by atoms with Gasteiger partial charge in [0.15, 0.2) is 6.10 Å². The number of amides is 1. The number of nitrogens with one attached hydrogen (secondary N) is 1. The molecule has 0 unspecified atom stereocenters. The van der Waals surface area contributed by atoms with Crippen molar-refractivity contribution in [3.63, 3.8) is 0 Å². The zero-order valence-electron chi connectivity index (χ0n) is 11.7. The molecule has 0 aliphatic carbocycles. The topological polar surface area (TPSA) is 81.8 Å². The first-order valence-electron chi connectivity index (χ1n) is 6.60. The van der Waals surface area contributed by atoms with E-state index in [1.54, 1.807) is 4.90 Å². The van der Waals surface area contributed by atoms with Crippen LogP contribution in [0, 0.1) is 0 Å². The van der Waals surface area contributed by atoms with Gasteiger partial charge < -0.3 is 20.5 Å². The highest BCUT2D eigenvalue weighted by molar-refractivity contribution is 5.68. The Bertz CT molecular complexity index is 270. The van der Waals surface area contributed by atoms with Gasteiger partial charge in [-0.1, -0.05) is 0 Å². The third-order valence-electron chi connectivity index (χ3n) is 2.98. The molecule has 6 nitrogen and oxygen atoms in total. The maximum Gasteiger partial charge on any atom is 0.410 e. The number of piperazine rings is 1. The molecule has 0 aromatic carbocycles. The van der Waals surface area contributed by atoms with Gasteiger partial charge in [0, 0.05) is 0 Å². The predicted octanol–water partition coefficient (Wildman–Crippen LogP) is -2.28. The first-order valence-corrected chi connectivity index (χ1v) is 6.60. The summed E-state index contributed by atoms with van der Waals surface area (Å²) in [6.07, 6.45) is -0.577. The van der Waals surface area contributed by atoms with E-state index in [1.807, 2.05) is 20.8 Å². The van der Waals surface area contributed by atoms with E-state index in [2.05, 4.69) is 5.73 Å².